The average Bonchev–Trinajstić information content (AvgIpc) is 2.82. The van der Waals surface area contributed by atoms with Crippen molar-refractivity contribution in [3.8, 4) is 0 Å². The van der Waals surface area contributed by atoms with E-state index in [1.165, 1.54) is 12.1 Å². The number of hydrogen-bond donors (Lipinski definition) is 0. The maximum atomic E-state index is 12.8. The smallest absolute Gasteiger partial charge is 0.223 e. The number of aryl methyl sites for hydroxylation is 1. The van der Waals surface area contributed by atoms with Crippen LogP contribution < -0.4 is 0 Å². The fourth-order valence-corrected chi connectivity index (χ4v) is 5.13. The molecular formula is C16H20FNO4S. The number of carbonyl (C=O) groups is 1. The Kier molecular flexibility index (Phi) is 4.68. The van der Waals surface area contributed by atoms with Crippen molar-refractivity contribution in [3.63, 3.8) is 0 Å². The second kappa shape index (κ2) is 6.57. The van der Waals surface area contributed by atoms with E-state index in [-0.39, 0.29) is 35.4 Å². The summed E-state index contributed by atoms with van der Waals surface area (Å²) in [4.78, 5) is 14.1. The van der Waals surface area contributed by atoms with Gasteiger partial charge in [-0.25, -0.2) is 12.8 Å². The highest BCUT2D eigenvalue weighted by molar-refractivity contribution is 7.91. The van der Waals surface area contributed by atoms with E-state index in [0.717, 1.165) is 5.56 Å². The minimum absolute atomic E-state index is 0.00136. The lowest BCUT2D eigenvalue weighted by atomic mass is 10.1. The van der Waals surface area contributed by atoms with Crippen LogP contribution in [0, 0.1) is 5.82 Å². The summed E-state index contributed by atoms with van der Waals surface area (Å²) >= 11 is 0. The predicted octanol–water partition coefficient (Wildman–Crippen LogP) is 1.17. The Balaban J connectivity index is 1.54. The third-order valence-corrected chi connectivity index (χ3v) is 6.11. The zero-order chi connectivity index (χ0) is 16.4. The molecule has 2 heterocycles. The minimum Gasteiger partial charge on any atom is -0.373 e. The highest BCUT2D eigenvalue weighted by atomic mass is 32.2. The zero-order valence-electron chi connectivity index (χ0n) is 12.8. The summed E-state index contributed by atoms with van der Waals surface area (Å²) in [5, 5.41) is 0. The van der Waals surface area contributed by atoms with Gasteiger partial charge in [0.25, 0.3) is 0 Å². The molecule has 7 heteroatoms. The third-order valence-electron chi connectivity index (χ3n) is 4.43. The van der Waals surface area contributed by atoms with Crippen molar-refractivity contribution in [2.45, 2.75) is 31.4 Å². The van der Waals surface area contributed by atoms with Crippen LogP contribution in [-0.4, -0.2) is 56.0 Å². The molecule has 0 aliphatic carbocycles. The number of amides is 1. The predicted molar refractivity (Wildman–Crippen MR) is 83.2 cm³/mol. The van der Waals surface area contributed by atoms with Crippen LogP contribution in [0.2, 0.25) is 0 Å². The SMILES string of the molecule is O=C(CCCc1ccc(F)cc1)N1CCOC2CS(=O)(=O)CC21. The minimum atomic E-state index is -3.12. The Hall–Kier alpha value is -1.47. The van der Waals surface area contributed by atoms with Crippen LogP contribution in [0.1, 0.15) is 18.4 Å². The summed E-state index contributed by atoms with van der Waals surface area (Å²) in [6, 6.07) is 5.91. The van der Waals surface area contributed by atoms with Gasteiger partial charge in [0.2, 0.25) is 5.91 Å². The lowest BCUT2D eigenvalue weighted by molar-refractivity contribution is -0.142. The summed E-state index contributed by atoms with van der Waals surface area (Å²) in [6.45, 7) is 0.840. The summed E-state index contributed by atoms with van der Waals surface area (Å²) in [5.74, 6) is -0.285. The molecule has 0 aromatic heterocycles. The van der Waals surface area contributed by atoms with Gasteiger partial charge in [-0.15, -0.1) is 0 Å². The van der Waals surface area contributed by atoms with E-state index in [4.69, 9.17) is 4.74 Å². The normalized spacial score (nSPS) is 26.0. The first-order chi connectivity index (χ1) is 10.9. The summed E-state index contributed by atoms with van der Waals surface area (Å²) in [7, 11) is -3.12. The largest absolute Gasteiger partial charge is 0.373 e. The van der Waals surface area contributed by atoms with Crippen molar-refractivity contribution in [1.82, 2.24) is 4.90 Å². The van der Waals surface area contributed by atoms with Gasteiger partial charge in [0.05, 0.1) is 30.3 Å². The first-order valence-corrected chi connectivity index (χ1v) is 9.63. The molecule has 2 aliphatic heterocycles. The van der Waals surface area contributed by atoms with Gasteiger partial charge >= 0.3 is 0 Å². The molecule has 0 bridgehead atoms. The number of carbonyl (C=O) groups excluding carboxylic acids is 1. The molecule has 0 saturated carbocycles. The Morgan fingerprint density at radius 3 is 2.74 bits per heavy atom. The van der Waals surface area contributed by atoms with Gasteiger partial charge < -0.3 is 9.64 Å². The number of ether oxygens (including phenoxy) is 1. The van der Waals surface area contributed by atoms with Crippen LogP contribution in [0.15, 0.2) is 24.3 Å². The first kappa shape index (κ1) is 16.4. The summed E-state index contributed by atoms with van der Waals surface area (Å²) in [5.41, 5.74) is 0.988. The van der Waals surface area contributed by atoms with Crippen molar-refractivity contribution in [3.05, 3.63) is 35.6 Å². The van der Waals surface area contributed by atoms with Gasteiger partial charge in [-0.1, -0.05) is 12.1 Å². The first-order valence-electron chi connectivity index (χ1n) is 7.80. The number of halogens is 1. The Morgan fingerprint density at radius 2 is 2.00 bits per heavy atom. The molecule has 0 N–H and O–H groups in total. The van der Waals surface area contributed by atoms with E-state index >= 15 is 0 Å². The molecule has 2 aliphatic rings. The van der Waals surface area contributed by atoms with Crippen LogP contribution in [0.3, 0.4) is 0 Å². The molecule has 0 spiro atoms. The van der Waals surface area contributed by atoms with E-state index in [1.54, 1.807) is 17.0 Å². The fraction of sp³-hybridized carbons (Fsp3) is 0.562. The summed E-state index contributed by atoms with van der Waals surface area (Å²) in [6.07, 6.45) is 1.34. The standard InChI is InChI=1S/C16H20FNO4S/c17-13-6-4-12(5-7-13)2-1-3-16(19)18-8-9-22-15-11-23(20,21)10-14(15)18/h4-7,14-15H,1-3,8-11H2. The molecule has 126 valence electrons. The lowest BCUT2D eigenvalue weighted by Crippen LogP contribution is -2.53. The summed E-state index contributed by atoms with van der Waals surface area (Å²) < 4.78 is 41.8. The van der Waals surface area contributed by atoms with Crippen LogP contribution in [-0.2, 0) is 25.8 Å². The topological polar surface area (TPSA) is 63.7 Å². The van der Waals surface area contributed by atoms with Crippen LogP contribution in [0.5, 0.6) is 0 Å². The maximum Gasteiger partial charge on any atom is 0.223 e. The monoisotopic (exact) mass is 341 g/mol. The number of benzene rings is 1. The maximum absolute atomic E-state index is 12.8. The fourth-order valence-electron chi connectivity index (χ4n) is 3.26. The van der Waals surface area contributed by atoms with E-state index < -0.39 is 9.84 Å². The number of nitrogens with zero attached hydrogens (tertiary/aromatic N) is 1. The van der Waals surface area contributed by atoms with Gasteiger partial charge in [0, 0.05) is 13.0 Å². The molecule has 1 aromatic rings. The molecule has 1 aromatic carbocycles. The third kappa shape index (κ3) is 3.90. The number of rotatable bonds is 4. The number of morpholine rings is 1. The Labute approximate surface area is 135 Å². The van der Waals surface area contributed by atoms with Crippen molar-refractivity contribution in [1.29, 1.82) is 0 Å². The van der Waals surface area contributed by atoms with Crippen LogP contribution in [0.4, 0.5) is 4.39 Å². The lowest BCUT2D eigenvalue weighted by Gasteiger charge is -2.36. The molecule has 3 rings (SSSR count). The van der Waals surface area contributed by atoms with Crippen molar-refractivity contribution >= 4 is 15.7 Å². The molecular weight excluding hydrogens is 321 g/mol. The molecule has 2 atom stereocenters. The second-order valence-electron chi connectivity index (χ2n) is 6.12. The number of sulfone groups is 1. The molecule has 0 radical (unpaired) electrons. The van der Waals surface area contributed by atoms with Gasteiger partial charge in [0.1, 0.15) is 5.82 Å². The van der Waals surface area contributed by atoms with Gasteiger partial charge in [0.15, 0.2) is 9.84 Å². The van der Waals surface area contributed by atoms with Crippen molar-refractivity contribution in [2.75, 3.05) is 24.7 Å². The van der Waals surface area contributed by atoms with Crippen LogP contribution in [0.25, 0.3) is 0 Å². The Bertz CT molecular complexity index is 674. The molecule has 2 fully saturated rings. The van der Waals surface area contributed by atoms with E-state index in [1.807, 2.05) is 0 Å². The van der Waals surface area contributed by atoms with Crippen molar-refractivity contribution in [2.24, 2.45) is 0 Å². The second-order valence-corrected chi connectivity index (χ2v) is 8.27. The quantitative estimate of drug-likeness (QED) is 0.825. The van der Waals surface area contributed by atoms with E-state index in [9.17, 15) is 17.6 Å². The van der Waals surface area contributed by atoms with E-state index in [0.29, 0.717) is 32.4 Å². The van der Waals surface area contributed by atoms with Crippen LogP contribution >= 0.6 is 0 Å². The molecule has 1 amide bonds. The zero-order valence-corrected chi connectivity index (χ0v) is 13.6. The van der Waals surface area contributed by atoms with Gasteiger partial charge in [-0.05, 0) is 30.5 Å². The highest BCUT2D eigenvalue weighted by Crippen LogP contribution is 2.25. The molecule has 2 unspecified atom stereocenters. The Morgan fingerprint density at radius 1 is 1.26 bits per heavy atom. The highest BCUT2D eigenvalue weighted by Gasteiger charge is 2.45. The number of hydrogen-bond acceptors (Lipinski definition) is 4. The van der Waals surface area contributed by atoms with Crippen molar-refractivity contribution < 1.29 is 22.3 Å². The van der Waals surface area contributed by atoms with E-state index in [2.05, 4.69) is 0 Å². The average molecular weight is 341 g/mol. The van der Waals surface area contributed by atoms with Gasteiger partial charge in [-0.3, -0.25) is 4.79 Å². The number of fused-ring (bicyclic) bond motifs is 1. The molecule has 23 heavy (non-hydrogen) atoms. The molecule has 2 saturated heterocycles. The van der Waals surface area contributed by atoms with Gasteiger partial charge in [-0.2, -0.15) is 0 Å². The molecule has 5 nitrogen and oxygen atoms in total.